The normalized spacial score (nSPS) is 11.2. The highest BCUT2D eigenvalue weighted by Crippen LogP contribution is 2.21. The van der Waals surface area contributed by atoms with E-state index in [2.05, 4.69) is 25.1 Å². The molecule has 4 heteroatoms. The lowest BCUT2D eigenvalue weighted by Gasteiger charge is -2.13. The second-order valence-electron chi connectivity index (χ2n) is 12.1. The third kappa shape index (κ3) is 21.9. The standard InChI is InChI=1S/C36H62O4/c1-2-3-4-5-6-7-8-9-14-19-24-32-29-30-33(25-20-15-10-12-17-22-27-35(37)38)34(31-32)26-21-16-11-13-18-23-28-36(39)40/h29-31H,2-28H2,1H3,(H,37,38)(H,39,40). The molecule has 0 saturated carbocycles. The van der Waals surface area contributed by atoms with E-state index in [1.165, 1.54) is 120 Å². The molecule has 0 fully saturated rings. The van der Waals surface area contributed by atoms with Gasteiger partial charge in [0.15, 0.2) is 0 Å². The Balaban J connectivity index is 2.40. The Morgan fingerprint density at radius 2 is 0.850 bits per heavy atom. The smallest absolute Gasteiger partial charge is 0.303 e. The van der Waals surface area contributed by atoms with Crippen molar-refractivity contribution in [3.05, 3.63) is 34.9 Å². The van der Waals surface area contributed by atoms with Gasteiger partial charge in [-0.1, -0.05) is 134 Å². The molecule has 0 bridgehead atoms. The summed E-state index contributed by atoms with van der Waals surface area (Å²) in [4.78, 5) is 21.3. The molecule has 0 aromatic heterocycles. The first kappa shape index (κ1) is 36.2. The van der Waals surface area contributed by atoms with Crippen LogP contribution in [0.15, 0.2) is 18.2 Å². The van der Waals surface area contributed by atoms with Crippen molar-refractivity contribution in [1.82, 2.24) is 0 Å². The van der Waals surface area contributed by atoms with Gasteiger partial charge in [0.25, 0.3) is 0 Å². The van der Waals surface area contributed by atoms with Gasteiger partial charge in [0, 0.05) is 12.8 Å². The van der Waals surface area contributed by atoms with Gasteiger partial charge in [0.1, 0.15) is 0 Å². The van der Waals surface area contributed by atoms with Gasteiger partial charge in [0.05, 0.1) is 0 Å². The van der Waals surface area contributed by atoms with E-state index < -0.39 is 11.9 Å². The summed E-state index contributed by atoms with van der Waals surface area (Å²) in [6, 6.07) is 7.28. The Hall–Kier alpha value is -1.84. The molecule has 1 aromatic carbocycles. The molecule has 0 aliphatic heterocycles. The van der Waals surface area contributed by atoms with Crippen LogP contribution in [0.5, 0.6) is 0 Å². The van der Waals surface area contributed by atoms with E-state index in [0.29, 0.717) is 12.8 Å². The van der Waals surface area contributed by atoms with Crippen LogP contribution in [-0.4, -0.2) is 22.2 Å². The van der Waals surface area contributed by atoms with Gasteiger partial charge in [-0.2, -0.15) is 0 Å². The number of hydrogen-bond acceptors (Lipinski definition) is 2. The van der Waals surface area contributed by atoms with Crippen molar-refractivity contribution in [3.8, 4) is 0 Å². The van der Waals surface area contributed by atoms with Crippen molar-refractivity contribution in [1.29, 1.82) is 0 Å². The van der Waals surface area contributed by atoms with Crippen LogP contribution in [0.3, 0.4) is 0 Å². The molecule has 0 spiro atoms. The number of carboxylic acids is 2. The largest absolute Gasteiger partial charge is 0.481 e. The Bertz CT molecular complexity index is 757. The van der Waals surface area contributed by atoms with E-state index in [9.17, 15) is 9.59 Å². The lowest BCUT2D eigenvalue weighted by Crippen LogP contribution is -1.99. The van der Waals surface area contributed by atoms with Gasteiger partial charge in [-0.15, -0.1) is 0 Å². The molecule has 1 rings (SSSR count). The quantitative estimate of drug-likeness (QED) is 0.0959. The number of rotatable bonds is 29. The maximum atomic E-state index is 10.7. The third-order valence-corrected chi connectivity index (χ3v) is 8.26. The van der Waals surface area contributed by atoms with Crippen molar-refractivity contribution < 1.29 is 19.8 Å². The van der Waals surface area contributed by atoms with Gasteiger partial charge in [-0.3, -0.25) is 9.59 Å². The fourth-order valence-corrected chi connectivity index (χ4v) is 5.73. The van der Waals surface area contributed by atoms with Crippen LogP contribution in [-0.2, 0) is 28.9 Å². The number of unbranched alkanes of at least 4 members (excludes halogenated alkanes) is 19. The van der Waals surface area contributed by atoms with Crippen LogP contribution in [0, 0.1) is 0 Å². The van der Waals surface area contributed by atoms with Crippen molar-refractivity contribution >= 4 is 11.9 Å². The molecule has 2 N–H and O–H groups in total. The minimum Gasteiger partial charge on any atom is -0.481 e. The van der Waals surface area contributed by atoms with E-state index in [1.54, 1.807) is 5.56 Å². The molecule has 0 amide bonds. The zero-order valence-electron chi connectivity index (χ0n) is 26.0. The number of carbonyl (C=O) groups is 2. The molecule has 0 aliphatic rings. The summed E-state index contributed by atoms with van der Waals surface area (Å²) >= 11 is 0. The fourth-order valence-electron chi connectivity index (χ4n) is 5.73. The van der Waals surface area contributed by atoms with Crippen molar-refractivity contribution in [3.63, 3.8) is 0 Å². The summed E-state index contributed by atoms with van der Waals surface area (Å²) in [5, 5.41) is 17.6. The Morgan fingerprint density at radius 3 is 1.30 bits per heavy atom. The molecule has 0 heterocycles. The van der Waals surface area contributed by atoms with Crippen LogP contribution in [0.2, 0.25) is 0 Å². The van der Waals surface area contributed by atoms with Crippen LogP contribution < -0.4 is 0 Å². The molecule has 0 aliphatic carbocycles. The van der Waals surface area contributed by atoms with E-state index in [1.807, 2.05) is 0 Å². The first-order valence-corrected chi connectivity index (χ1v) is 17.1. The molecule has 1 aromatic rings. The minimum atomic E-state index is -0.678. The second-order valence-corrected chi connectivity index (χ2v) is 12.1. The number of aliphatic carboxylic acids is 2. The van der Waals surface area contributed by atoms with E-state index in [-0.39, 0.29) is 0 Å². The SMILES string of the molecule is CCCCCCCCCCCCc1ccc(CCCCCCCCC(=O)O)c(CCCCCCCCC(=O)O)c1. The maximum Gasteiger partial charge on any atom is 0.303 e. The summed E-state index contributed by atoms with van der Waals surface area (Å²) in [6.07, 6.45) is 31.2. The number of benzene rings is 1. The Kier molecular flexibility index (Phi) is 23.6. The average Bonchev–Trinajstić information content (AvgIpc) is 2.93. The van der Waals surface area contributed by atoms with Gasteiger partial charge in [0.2, 0.25) is 0 Å². The summed E-state index contributed by atoms with van der Waals surface area (Å²) in [6.45, 7) is 2.28. The highest BCUT2D eigenvalue weighted by atomic mass is 16.4. The molecular weight excluding hydrogens is 496 g/mol. The molecule has 0 atom stereocenters. The van der Waals surface area contributed by atoms with Crippen LogP contribution in [0.1, 0.15) is 178 Å². The number of hydrogen-bond donors (Lipinski definition) is 2. The molecule has 40 heavy (non-hydrogen) atoms. The number of aryl methyl sites for hydroxylation is 3. The summed E-state index contributed by atoms with van der Waals surface area (Å²) < 4.78 is 0. The van der Waals surface area contributed by atoms with Gasteiger partial charge in [-0.25, -0.2) is 0 Å². The fraction of sp³-hybridized carbons (Fsp3) is 0.778. The molecule has 0 saturated heterocycles. The zero-order valence-corrected chi connectivity index (χ0v) is 26.0. The molecule has 0 radical (unpaired) electrons. The lowest BCUT2D eigenvalue weighted by atomic mass is 9.93. The predicted octanol–water partition coefficient (Wildman–Crippen LogP) is 10.9. The monoisotopic (exact) mass is 558 g/mol. The zero-order chi connectivity index (χ0) is 29.1. The van der Waals surface area contributed by atoms with Crippen molar-refractivity contribution in [2.75, 3.05) is 0 Å². The number of carboxylic acid groups (broad SMARTS) is 2. The van der Waals surface area contributed by atoms with Gasteiger partial charge >= 0.3 is 11.9 Å². The molecule has 4 nitrogen and oxygen atoms in total. The molecule has 230 valence electrons. The van der Waals surface area contributed by atoms with E-state index >= 15 is 0 Å². The maximum absolute atomic E-state index is 10.7. The Labute approximate surface area is 246 Å². The third-order valence-electron chi connectivity index (χ3n) is 8.26. The van der Waals surface area contributed by atoms with Crippen molar-refractivity contribution in [2.45, 2.75) is 180 Å². The predicted molar refractivity (Wildman–Crippen MR) is 169 cm³/mol. The first-order valence-electron chi connectivity index (χ1n) is 17.1. The Morgan fingerprint density at radius 1 is 0.475 bits per heavy atom. The van der Waals surface area contributed by atoms with Crippen LogP contribution in [0.4, 0.5) is 0 Å². The van der Waals surface area contributed by atoms with Crippen molar-refractivity contribution in [2.24, 2.45) is 0 Å². The van der Waals surface area contributed by atoms with Crippen LogP contribution >= 0.6 is 0 Å². The topological polar surface area (TPSA) is 74.6 Å². The van der Waals surface area contributed by atoms with Crippen LogP contribution in [0.25, 0.3) is 0 Å². The molecule has 0 unspecified atom stereocenters. The van der Waals surface area contributed by atoms with Gasteiger partial charge < -0.3 is 10.2 Å². The summed E-state index contributed by atoms with van der Waals surface area (Å²) in [5.41, 5.74) is 4.58. The lowest BCUT2D eigenvalue weighted by molar-refractivity contribution is -0.138. The average molecular weight is 559 g/mol. The second kappa shape index (κ2) is 26.1. The van der Waals surface area contributed by atoms with E-state index in [0.717, 1.165) is 51.4 Å². The summed E-state index contributed by atoms with van der Waals surface area (Å²) in [7, 11) is 0. The van der Waals surface area contributed by atoms with E-state index in [4.69, 9.17) is 10.2 Å². The highest BCUT2D eigenvalue weighted by molar-refractivity contribution is 5.66. The molecular formula is C36H62O4. The highest BCUT2D eigenvalue weighted by Gasteiger charge is 2.06. The first-order chi connectivity index (χ1) is 19.5. The van der Waals surface area contributed by atoms with Gasteiger partial charge in [-0.05, 0) is 68.1 Å². The minimum absolute atomic E-state index is 0.303. The summed E-state index contributed by atoms with van der Waals surface area (Å²) in [5.74, 6) is -1.36.